The highest BCUT2D eigenvalue weighted by Crippen LogP contribution is 2.17. The Balaban J connectivity index is 2.11. The van der Waals surface area contributed by atoms with Crippen LogP contribution in [0.25, 0.3) is 0 Å². The number of esters is 1. The fraction of sp³-hybridized carbons (Fsp3) is 0.235. The van der Waals surface area contributed by atoms with Crippen molar-refractivity contribution in [2.45, 2.75) is 6.92 Å². The summed E-state index contributed by atoms with van der Waals surface area (Å²) in [6.07, 6.45) is 1.29. The third kappa shape index (κ3) is 3.77. The molecule has 0 aliphatic carbocycles. The van der Waals surface area contributed by atoms with Crippen molar-refractivity contribution in [1.82, 2.24) is 9.80 Å². The molecule has 0 saturated carbocycles. The average Bonchev–Trinajstić information content (AvgIpc) is 2.81. The number of hydrogen-bond donors (Lipinski definition) is 1. The number of nitrogens with one attached hydrogen (secondary N) is 1. The average molecular weight is 359 g/mol. The van der Waals surface area contributed by atoms with Gasteiger partial charge in [-0.1, -0.05) is 18.2 Å². The molecule has 0 bridgehead atoms. The highest BCUT2D eigenvalue weighted by molar-refractivity contribution is 6.45. The van der Waals surface area contributed by atoms with Gasteiger partial charge in [0.2, 0.25) is 5.91 Å². The molecule has 0 unspecified atom stereocenters. The standard InChI is InChI=1S/C17H17N3O6/c1-3-9-19-14(22)15(23)20(17(19)25)10-13(21)18-12-8-6-5-7-11(12)16(24)26-4-2/h3,5-8H,1,4,9-10H2,2H3,(H,18,21). The summed E-state index contributed by atoms with van der Waals surface area (Å²) in [5.41, 5.74) is 0.301. The maximum absolute atomic E-state index is 12.2. The third-order valence-electron chi connectivity index (χ3n) is 3.44. The summed E-state index contributed by atoms with van der Waals surface area (Å²) in [5.74, 6) is -3.47. The van der Waals surface area contributed by atoms with Gasteiger partial charge in [-0.2, -0.15) is 0 Å². The van der Waals surface area contributed by atoms with Gasteiger partial charge in [-0.05, 0) is 19.1 Å². The number of amides is 5. The number of para-hydroxylation sites is 1. The SMILES string of the molecule is C=CCN1C(=O)C(=O)N(CC(=O)Nc2ccccc2C(=O)OCC)C1=O. The predicted molar refractivity (Wildman–Crippen MR) is 90.0 cm³/mol. The molecule has 1 aliphatic heterocycles. The van der Waals surface area contributed by atoms with Crippen LogP contribution in [0.15, 0.2) is 36.9 Å². The molecule has 9 nitrogen and oxygen atoms in total. The van der Waals surface area contributed by atoms with Crippen LogP contribution in [0.5, 0.6) is 0 Å². The summed E-state index contributed by atoms with van der Waals surface area (Å²) in [4.78, 5) is 61.0. The minimum absolute atomic E-state index is 0.131. The molecule has 0 radical (unpaired) electrons. The lowest BCUT2D eigenvalue weighted by molar-refractivity contribution is -0.143. The molecule has 1 heterocycles. The molecule has 1 saturated heterocycles. The molecule has 1 N–H and O–H groups in total. The first-order valence-electron chi connectivity index (χ1n) is 7.74. The van der Waals surface area contributed by atoms with Crippen molar-refractivity contribution < 1.29 is 28.7 Å². The van der Waals surface area contributed by atoms with Crippen LogP contribution in [0.4, 0.5) is 10.5 Å². The zero-order valence-electron chi connectivity index (χ0n) is 14.1. The number of anilines is 1. The van der Waals surface area contributed by atoms with Gasteiger partial charge in [0.1, 0.15) is 6.54 Å². The van der Waals surface area contributed by atoms with E-state index in [0.717, 1.165) is 0 Å². The van der Waals surface area contributed by atoms with Crippen LogP contribution in [-0.4, -0.2) is 59.2 Å². The molecule has 0 aromatic heterocycles. The fourth-order valence-electron chi connectivity index (χ4n) is 2.29. The van der Waals surface area contributed by atoms with Crippen LogP contribution in [0.1, 0.15) is 17.3 Å². The van der Waals surface area contributed by atoms with Crippen LogP contribution in [0, 0.1) is 0 Å². The second-order valence-electron chi connectivity index (χ2n) is 5.19. The van der Waals surface area contributed by atoms with Gasteiger partial charge in [-0.3, -0.25) is 19.3 Å². The highest BCUT2D eigenvalue weighted by atomic mass is 16.5. The van der Waals surface area contributed by atoms with Gasteiger partial charge in [0.15, 0.2) is 0 Å². The summed E-state index contributed by atoms with van der Waals surface area (Å²) in [6.45, 7) is 4.43. The largest absolute Gasteiger partial charge is 0.462 e. The van der Waals surface area contributed by atoms with E-state index in [0.29, 0.717) is 9.80 Å². The number of ether oxygens (including phenoxy) is 1. The summed E-state index contributed by atoms with van der Waals surface area (Å²) in [7, 11) is 0. The number of carbonyl (C=O) groups is 5. The zero-order chi connectivity index (χ0) is 19.3. The van der Waals surface area contributed by atoms with E-state index in [9.17, 15) is 24.0 Å². The molecule has 26 heavy (non-hydrogen) atoms. The summed E-state index contributed by atoms with van der Waals surface area (Å²) < 4.78 is 4.90. The quantitative estimate of drug-likeness (QED) is 0.333. The first-order chi connectivity index (χ1) is 12.4. The molecular weight excluding hydrogens is 342 g/mol. The molecule has 1 aromatic rings. The second-order valence-corrected chi connectivity index (χ2v) is 5.19. The molecule has 136 valence electrons. The lowest BCUT2D eigenvalue weighted by Crippen LogP contribution is -2.39. The minimum atomic E-state index is -1.09. The smallest absolute Gasteiger partial charge is 0.340 e. The van der Waals surface area contributed by atoms with Gasteiger partial charge >= 0.3 is 23.8 Å². The Morgan fingerprint density at radius 2 is 1.81 bits per heavy atom. The van der Waals surface area contributed by atoms with Gasteiger partial charge < -0.3 is 10.1 Å². The monoisotopic (exact) mass is 359 g/mol. The van der Waals surface area contributed by atoms with Crippen LogP contribution < -0.4 is 5.32 Å². The van der Waals surface area contributed by atoms with E-state index in [2.05, 4.69) is 11.9 Å². The van der Waals surface area contributed by atoms with Gasteiger partial charge in [0.05, 0.1) is 17.9 Å². The number of imide groups is 2. The molecular formula is C17H17N3O6. The molecule has 1 aliphatic rings. The van der Waals surface area contributed by atoms with Crippen molar-refractivity contribution in [3.8, 4) is 0 Å². The van der Waals surface area contributed by atoms with Crippen molar-refractivity contribution in [3.05, 3.63) is 42.5 Å². The number of hydrogen-bond acceptors (Lipinski definition) is 6. The maximum Gasteiger partial charge on any atom is 0.340 e. The van der Waals surface area contributed by atoms with Crippen molar-refractivity contribution in [2.24, 2.45) is 0 Å². The number of carbonyl (C=O) groups excluding carboxylic acids is 5. The van der Waals surface area contributed by atoms with Crippen LogP contribution in [-0.2, 0) is 19.1 Å². The lowest BCUT2D eigenvalue weighted by atomic mass is 10.2. The summed E-state index contributed by atoms with van der Waals surface area (Å²) in [5, 5.41) is 2.44. The Kier molecular flexibility index (Phi) is 5.84. The number of nitrogens with zero attached hydrogens (tertiary/aromatic N) is 2. The van der Waals surface area contributed by atoms with E-state index in [1.165, 1.54) is 18.2 Å². The molecule has 1 aromatic carbocycles. The topological polar surface area (TPSA) is 113 Å². The van der Waals surface area contributed by atoms with Gasteiger partial charge in [0, 0.05) is 6.54 Å². The molecule has 9 heteroatoms. The van der Waals surface area contributed by atoms with Crippen molar-refractivity contribution in [2.75, 3.05) is 25.0 Å². The normalized spacial score (nSPS) is 13.8. The van der Waals surface area contributed by atoms with Gasteiger partial charge in [0.25, 0.3) is 0 Å². The molecule has 0 spiro atoms. The zero-order valence-corrected chi connectivity index (χ0v) is 14.1. The molecule has 1 fully saturated rings. The fourth-order valence-corrected chi connectivity index (χ4v) is 2.29. The number of rotatable bonds is 7. The Bertz CT molecular complexity index is 788. The highest BCUT2D eigenvalue weighted by Gasteiger charge is 2.44. The Labute approximate surface area is 149 Å². The van der Waals surface area contributed by atoms with E-state index >= 15 is 0 Å². The van der Waals surface area contributed by atoms with Gasteiger partial charge in [-0.15, -0.1) is 6.58 Å². The minimum Gasteiger partial charge on any atom is -0.462 e. The Morgan fingerprint density at radius 3 is 2.46 bits per heavy atom. The van der Waals surface area contributed by atoms with Crippen molar-refractivity contribution in [1.29, 1.82) is 0 Å². The van der Waals surface area contributed by atoms with E-state index in [4.69, 9.17) is 4.74 Å². The lowest BCUT2D eigenvalue weighted by Gasteiger charge is -2.15. The molecule has 0 atom stereocenters. The van der Waals surface area contributed by atoms with Gasteiger partial charge in [-0.25, -0.2) is 14.5 Å². The van der Waals surface area contributed by atoms with Crippen LogP contribution in [0.3, 0.4) is 0 Å². The third-order valence-corrected chi connectivity index (χ3v) is 3.44. The maximum atomic E-state index is 12.2. The van der Waals surface area contributed by atoms with E-state index in [1.54, 1.807) is 19.1 Å². The number of benzene rings is 1. The second kappa shape index (κ2) is 8.06. The molecule has 5 amide bonds. The van der Waals surface area contributed by atoms with E-state index in [1.807, 2.05) is 0 Å². The first kappa shape index (κ1) is 18.8. The predicted octanol–water partition coefficient (Wildman–Crippen LogP) is 0.779. The Morgan fingerprint density at radius 1 is 1.15 bits per heavy atom. The first-order valence-corrected chi connectivity index (χ1v) is 7.74. The summed E-state index contributed by atoms with van der Waals surface area (Å²) >= 11 is 0. The van der Waals surface area contributed by atoms with Crippen LogP contribution >= 0.6 is 0 Å². The van der Waals surface area contributed by atoms with Crippen LogP contribution in [0.2, 0.25) is 0 Å². The van der Waals surface area contributed by atoms with Crippen molar-refractivity contribution >= 4 is 35.4 Å². The summed E-state index contributed by atoms with van der Waals surface area (Å²) in [6, 6.07) is 5.25. The molecule has 2 rings (SSSR count). The van der Waals surface area contributed by atoms with E-state index < -0.39 is 36.3 Å². The van der Waals surface area contributed by atoms with E-state index in [-0.39, 0.29) is 24.4 Å². The number of urea groups is 1. The van der Waals surface area contributed by atoms with Crippen molar-refractivity contribution in [3.63, 3.8) is 0 Å². The Hall–Kier alpha value is -3.49.